The molecule has 0 amide bonds. The molecule has 1 saturated carbocycles. The van der Waals surface area contributed by atoms with E-state index >= 15 is 0 Å². The highest BCUT2D eigenvalue weighted by molar-refractivity contribution is 7.99. The first-order valence-electron chi connectivity index (χ1n) is 4.85. The van der Waals surface area contributed by atoms with Crippen molar-refractivity contribution in [1.29, 1.82) is 0 Å². The number of rotatable bonds is 5. The zero-order chi connectivity index (χ0) is 8.65. The van der Waals surface area contributed by atoms with Crippen molar-refractivity contribution in [1.82, 2.24) is 5.32 Å². The van der Waals surface area contributed by atoms with Gasteiger partial charge in [-0.3, -0.25) is 0 Å². The van der Waals surface area contributed by atoms with Crippen LogP contribution in [0.15, 0.2) is 0 Å². The summed E-state index contributed by atoms with van der Waals surface area (Å²) in [4.78, 5) is 0. The molecule has 0 aromatic heterocycles. The molecule has 0 spiro atoms. The first-order valence-corrected chi connectivity index (χ1v) is 6.01. The Morgan fingerprint density at radius 2 is 2.00 bits per heavy atom. The number of nitrogens with one attached hydrogen (secondary N) is 1. The van der Waals surface area contributed by atoms with Crippen LogP contribution >= 0.6 is 11.8 Å². The maximum atomic E-state index is 8.55. The molecule has 0 heterocycles. The fourth-order valence-electron chi connectivity index (χ4n) is 1.62. The summed E-state index contributed by atoms with van der Waals surface area (Å²) in [6, 6.07) is 0.755. The van der Waals surface area contributed by atoms with Crippen LogP contribution < -0.4 is 5.32 Å². The average Bonchev–Trinajstić information content (AvgIpc) is 2.14. The lowest BCUT2D eigenvalue weighted by Crippen LogP contribution is -2.30. The minimum atomic E-state index is 0.303. The third kappa shape index (κ3) is 4.33. The monoisotopic (exact) mass is 189 g/mol. The highest BCUT2D eigenvalue weighted by atomic mass is 32.2. The van der Waals surface area contributed by atoms with Gasteiger partial charge in [-0.05, 0) is 12.8 Å². The topological polar surface area (TPSA) is 32.3 Å². The smallest absolute Gasteiger partial charge is 0.0522 e. The quantitative estimate of drug-likeness (QED) is 0.509. The van der Waals surface area contributed by atoms with Crippen molar-refractivity contribution in [3.8, 4) is 0 Å². The molecular formula is C9H19NOS. The maximum absolute atomic E-state index is 8.55. The molecule has 0 aromatic carbocycles. The molecule has 0 aromatic rings. The van der Waals surface area contributed by atoms with Gasteiger partial charge in [0.05, 0.1) is 6.61 Å². The molecular weight excluding hydrogens is 170 g/mol. The van der Waals surface area contributed by atoms with Crippen LogP contribution in [-0.2, 0) is 0 Å². The molecule has 1 fully saturated rings. The van der Waals surface area contributed by atoms with Gasteiger partial charge in [-0.15, -0.1) is 11.8 Å². The van der Waals surface area contributed by atoms with Gasteiger partial charge in [0.25, 0.3) is 0 Å². The second-order valence-electron chi connectivity index (χ2n) is 3.32. The third-order valence-corrected chi connectivity index (χ3v) is 3.16. The largest absolute Gasteiger partial charge is 0.396 e. The Bertz CT molecular complexity index is 105. The Kier molecular flexibility index (Phi) is 5.82. The molecule has 0 unspecified atom stereocenters. The van der Waals surface area contributed by atoms with Crippen molar-refractivity contribution in [2.75, 3.05) is 18.2 Å². The summed E-state index contributed by atoms with van der Waals surface area (Å²) in [5, 5.41) is 12.1. The van der Waals surface area contributed by atoms with Gasteiger partial charge in [0.1, 0.15) is 0 Å². The Morgan fingerprint density at radius 3 is 2.67 bits per heavy atom. The lowest BCUT2D eigenvalue weighted by Gasteiger charge is -2.22. The second-order valence-corrected chi connectivity index (χ2v) is 4.42. The summed E-state index contributed by atoms with van der Waals surface area (Å²) in [5.41, 5.74) is 0. The molecule has 0 radical (unpaired) electrons. The minimum absolute atomic E-state index is 0.303. The molecule has 2 N–H and O–H groups in total. The maximum Gasteiger partial charge on any atom is 0.0522 e. The predicted octanol–water partition coefficient (Wildman–Crippen LogP) is 1.59. The van der Waals surface area contributed by atoms with Crippen LogP contribution in [0.2, 0.25) is 0 Å². The van der Waals surface area contributed by atoms with E-state index in [1.54, 1.807) is 11.8 Å². The number of aliphatic hydroxyl groups excluding tert-OH is 1. The Hall–Kier alpha value is 0.270. The van der Waals surface area contributed by atoms with Crippen LogP contribution in [0.1, 0.15) is 32.1 Å². The summed E-state index contributed by atoms with van der Waals surface area (Å²) in [5.74, 6) is 1.87. The van der Waals surface area contributed by atoms with Crippen molar-refractivity contribution in [3.63, 3.8) is 0 Å². The van der Waals surface area contributed by atoms with Gasteiger partial charge in [-0.25, -0.2) is 0 Å². The van der Waals surface area contributed by atoms with E-state index in [4.69, 9.17) is 5.11 Å². The van der Waals surface area contributed by atoms with Crippen molar-refractivity contribution in [3.05, 3.63) is 0 Å². The van der Waals surface area contributed by atoms with Crippen molar-refractivity contribution < 1.29 is 5.11 Å². The van der Waals surface area contributed by atoms with Crippen LogP contribution in [0.3, 0.4) is 0 Å². The summed E-state index contributed by atoms with van der Waals surface area (Å²) in [6.07, 6.45) is 6.89. The minimum Gasteiger partial charge on any atom is -0.396 e. The van der Waals surface area contributed by atoms with Crippen molar-refractivity contribution in [2.45, 2.75) is 38.1 Å². The zero-order valence-corrected chi connectivity index (χ0v) is 8.41. The summed E-state index contributed by atoms with van der Waals surface area (Å²) < 4.78 is 0. The van der Waals surface area contributed by atoms with E-state index < -0.39 is 0 Å². The number of aliphatic hydroxyl groups is 1. The van der Waals surface area contributed by atoms with Gasteiger partial charge >= 0.3 is 0 Å². The van der Waals surface area contributed by atoms with Gasteiger partial charge in [-0.2, -0.15) is 0 Å². The SMILES string of the molecule is OCCSCNC1CCCCC1. The first kappa shape index (κ1) is 10.4. The first-order chi connectivity index (χ1) is 5.93. The van der Waals surface area contributed by atoms with Crippen LogP contribution in [0.25, 0.3) is 0 Å². The molecule has 72 valence electrons. The average molecular weight is 189 g/mol. The van der Waals surface area contributed by atoms with Crippen LogP contribution in [0, 0.1) is 0 Å². The molecule has 0 atom stereocenters. The van der Waals surface area contributed by atoms with Crippen LogP contribution in [0.4, 0.5) is 0 Å². The molecule has 1 rings (SSSR count). The van der Waals surface area contributed by atoms with Crippen LogP contribution in [0.5, 0.6) is 0 Å². The number of thioether (sulfide) groups is 1. The Morgan fingerprint density at radius 1 is 1.25 bits per heavy atom. The number of hydrogen-bond acceptors (Lipinski definition) is 3. The molecule has 1 aliphatic rings. The van der Waals surface area contributed by atoms with E-state index in [-0.39, 0.29) is 0 Å². The molecule has 0 saturated heterocycles. The van der Waals surface area contributed by atoms with Gasteiger partial charge in [-0.1, -0.05) is 19.3 Å². The normalized spacial score (nSPS) is 19.8. The van der Waals surface area contributed by atoms with Crippen molar-refractivity contribution >= 4 is 11.8 Å². The van der Waals surface area contributed by atoms with Gasteiger partial charge in [0.2, 0.25) is 0 Å². The molecule has 0 bridgehead atoms. The summed E-state index contributed by atoms with van der Waals surface area (Å²) in [7, 11) is 0. The Balaban J connectivity index is 1.91. The van der Waals surface area contributed by atoms with E-state index in [0.29, 0.717) is 6.61 Å². The van der Waals surface area contributed by atoms with E-state index in [1.165, 1.54) is 32.1 Å². The molecule has 3 heteroatoms. The lowest BCUT2D eigenvalue weighted by molar-refractivity contribution is 0.322. The fraction of sp³-hybridized carbons (Fsp3) is 1.00. The summed E-state index contributed by atoms with van der Waals surface area (Å²) >= 11 is 1.79. The predicted molar refractivity (Wildman–Crippen MR) is 54.4 cm³/mol. The fourth-order valence-corrected chi connectivity index (χ4v) is 2.25. The van der Waals surface area contributed by atoms with Gasteiger partial charge in [0, 0.05) is 17.7 Å². The van der Waals surface area contributed by atoms with E-state index in [9.17, 15) is 0 Å². The highest BCUT2D eigenvalue weighted by Crippen LogP contribution is 2.17. The molecule has 0 aliphatic heterocycles. The van der Waals surface area contributed by atoms with Crippen molar-refractivity contribution in [2.24, 2.45) is 0 Å². The third-order valence-electron chi connectivity index (χ3n) is 2.31. The lowest BCUT2D eigenvalue weighted by atomic mass is 9.96. The molecule has 2 nitrogen and oxygen atoms in total. The van der Waals surface area contributed by atoms with E-state index in [2.05, 4.69) is 5.32 Å². The molecule has 12 heavy (non-hydrogen) atoms. The van der Waals surface area contributed by atoms with Crippen LogP contribution in [-0.4, -0.2) is 29.4 Å². The number of hydrogen-bond donors (Lipinski definition) is 2. The Labute approximate surface area is 79.1 Å². The van der Waals surface area contributed by atoms with Gasteiger partial charge in [0.15, 0.2) is 0 Å². The summed E-state index contributed by atoms with van der Waals surface area (Å²) in [6.45, 7) is 0.303. The van der Waals surface area contributed by atoms with Gasteiger partial charge < -0.3 is 10.4 Å². The van der Waals surface area contributed by atoms with E-state index in [0.717, 1.165) is 17.7 Å². The highest BCUT2D eigenvalue weighted by Gasteiger charge is 2.11. The zero-order valence-electron chi connectivity index (χ0n) is 7.59. The standard InChI is InChI=1S/C9H19NOS/c11-6-7-12-8-10-9-4-2-1-3-5-9/h9-11H,1-8H2. The molecule has 1 aliphatic carbocycles. The second kappa shape index (κ2) is 6.75. The van der Waals surface area contributed by atoms with E-state index in [1.807, 2.05) is 0 Å².